The van der Waals surface area contributed by atoms with E-state index in [1.54, 1.807) is 6.07 Å². The third-order valence-electron chi connectivity index (χ3n) is 4.84. The molecule has 1 heterocycles. The van der Waals surface area contributed by atoms with Crippen LogP contribution >= 0.6 is 15.9 Å². The molecule has 1 aliphatic carbocycles. The van der Waals surface area contributed by atoms with Gasteiger partial charge in [-0.05, 0) is 59.7 Å². The lowest BCUT2D eigenvalue weighted by molar-refractivity contribution is 0.0695. The van der Waals surface area contributed by atoms with Crippen molar-refractivity contribution in [2.24, 2.45) is 5.92 Å². The highest BCUT2D eigenvalue weighted by Gasteiger charge is 2.34. The highest BCUT2D eigenvalue weighted by molar-refractivity contribution is 9.10. The molecule has 3 rings (SSSR count). The molecular weight excluding hydrogens is 337 g/mol. The van der Waals surface area contributed by atoms with E-state index in [0.717, 1.165) is 19.4 Å². The van der Waals surface area contributed by atoms with Crippen LogP contribution in [0.3, 0.4) is 0 Å². The van der Waals surface area contributed by atoms with Crippen molar-refractivity contribution in [3.05, 3.63) is 28.0 Å². The lowest BCUT2D eigenvalue weighted by Gasteiger charge is -2.45. The fraction of sp³-hybridized carbons (Fsp3) is 0.562. The van der Waals surface area contributed by atoms with E-state index in [9.17, 15) is 9.18 Å². The van der Waals surface area contributed by atoms with Crippen LogP contribution in [0, 0.1) is 11.7 Å². The summed E-state index contributed by atoms with van der Waals surface area (Å²) in [6.45, 7) is 0.858. The van der Waals surface area contributed by atoms with Gasteiger partial charge >= 0.3 is 5.97 Å². The van der Waals surface area contributed by atoms with E-state index in [4.69, 9.17) is 5.11 Å². The summed E-state index contributed by atoms with van der Waals surface area (Å²) in [5, 5.41) is 9.07. The number of hydrogen-bond donors (Lipinski definition) is 1. The summed E-state index contributed by atoms with van der Waals surface area (Å²) in [6, 6.07) is 3.53. The fourth-order valence-corrected chi connectivity index (χ4v) is 4.36. The third-order valence-corrected chi connectivity index (χ3v) is 5.62. The van der Waals surface area contributed by atoms with E-state index in [1.807, 2.05) is 0 Å². The summed E-state index contributed by atoms with van der Waals surface area (Å²) in [5.74, 6) is -0.896. The Morgan fingerprint density at radius 1 is 1.24 bits per heavy atom. The molecule has 2 fully saturated rings. The zero-order valence-electron chi connectivity index (χ0n) is 11.8. The summed E-state index contributed by atoms with van der Waals surface area (Å²) < 4.78 is 14.7. The quantitative estimate of drug-likeness (QED) is 0.851. The molecule has 0 amide bonds. The Labute approximate surface area is 132 Å². The molecule has 21 heavy (non-hydrogen) atoms. The van der Waals surface area contributed by atoms with Crippen molar-refractivity contribution in [1.29, 1.82) is 0 Å². The molecule has 114 valence electrons. The first-order chi connectivity index (χ1) is 10.1. The highest BCUT2D eigenvalue weighted by atomic mass is 79.9. The number of carboxylic acid groups (broad SMARTS) is 1. The first kappa shape index (κ1) is 14.8. The van der Waals surface area contributed by atoms with Crippen LogP contribution in [0.1, 0.15) is 48.9 Å². The Balaban J connectivity index is 1.95. The van der Waals surface area contributed by atoms with Crippen molar-refractivity contribution in [1.82, 2.24) is 0 Å². The van der Waals surface area contributed by atoms with E-state index < -0.39 is 11.8 Å². The van der Waals surface area contributed by atoms with E-state index in [-0.39, 0.29) is 10.0 Å². The van der Waals surface area contributed by atoms with Crippen LogP contribution in [0.4, 0.5) is 10.1 Å². The molecule has 1 saturated carbocycles. The van der Waals surface area contributed by atoms with Crippen LogP contribution in [0.5, 0.6) is 0 Å². The van der Waals surface area contributed by atoms with Crippen molar-refractivity contribution in [3.63, 3.8) is 0 Å². The summed E-state index contributed by atoms with van der Waals surface area (Å²) in [6.07, 6.45) is 7.14. The van der Waals surface area contributed by atoms with E-state index in [2.05, 4.69) is 20.8 Å². The second kappa shape index (κ2) is 5.95. The number of halogens is 2. The molecular formula is C16H19BrFNO2. The largest absolute Gasteiger partial charge is 0.478 e. The van der Waals surface area contributed by atoms with Crippen LogP contribution in [-0.2, 0) is 0 Å². The normalized spacial score (nSPS) is 25.5. The Bertz CT molecular complexity index is 561. The smallest absolute Gasteiger partial charge is 0.336 e. The van der Waals surface area contributed by atoms with Gasteiger partial charge in [-0.3, -0.25) is 0 Å². The number of carbonyl (C=O) groups is 1. The maximum Gasteiger partial charge on any atom is 0.336 e. The summed E-state index contributed by atoms with van der Waals surface area (Å²) in [5.41, 5.74) is 0.525. The van der Waals surface area contributed by atoms with Crippen molar-refractivity contribution in [3.8, 4) is 0 Å². The van der Waals surface area contributed by atoms with Gasteiger partial charge in [-0.2, -0.15) is 0 Å². The van der Waals surface area contributed by atoms with Gasteiger partial charge in [0.1, 0.15) is 0 Å². The summed E-state index contributed by atoms with van der Waals surface area (Å²) in [7, 11) is 0. The van der Waals surface area contributed by atoms with Crippen LogP contribution < -0.4 is 4.90 Å². The number of rotatable bonds is 2. The lowest BCUT2D eigenvalue weighted by atomic mass is 9.78. The number of aromatic carboxylic acids is 1. The molecule has 0 bridgehead atoms. The SMILES string of the molecule is O=C(O)c1ccc(N2CCC[C@H]3CCCC[C@H]32)c(F)c1Br. The maximum atomic E-state index is 14.6. The van der Waals surface area contributed by atoms with Crippen molar-refractivity contribution < 1.29 is 14.3 Å². The Morgan fingerprint density at radius 3 is 2.71 bits per heavy atom. The number of benzene rings is 1. The molecule has 5 heteroatoms. The van der Waals surface area contributed by atoms with Gasteiger partial charge in [0.05, 0.1) is 15.7 Å². The molecule has 0 spiro atoms. The zero-order valence-corrected chi connectivity index (χ0v) is 13.4. The predicted molar refractivity (Wildman–Crippen MR) is 83.4 cm³/mol. The molecule has 2 aliphatic rings. The van der Waals surface area contributed by atoms with Gasteiger partial charge in [0.2, 0.25) is 0 Å². The molecule has 1 saturated heterocycles. The van der Waals surface area contributed by atoms with Gasteiger partial charge in [0, 0.05) is 12.6 Å². The zero-order chi connectivity index (χ0) is 15.0. The van der Waals surface area contributed by atoms with Crippen molar-refractivity contribution in [2.45, 2.75) is 44.6 Å². The number of nitrogens with zero attached hydrogens (tertiary/aromatic N) is 1. The van der Waals surface area contributed by atoms with Gasteiger partial charge < -0.3 is 10.0 Å². The van der Waals surface area contributed by atoms with Crippen LogP contribution in [-0.4, -0.2) is 23.7 Å². The second-order valence-corrected chi connectivity index (χ2v) is 6.81. The molecule has 1 N–H and O–H groups in total. The highest BCUT2D eigenvalue weighted by Crippen LogP contribution is 2.40. The first-order valence-corrected chi connectivity index (χ1v) is 8.37. The topological polar surface area (TPSA) is 40.5 Å². The Morgan fingerprint density at radius 2 is 1.95 bits per heavy atom. The minimum Gasteiger partial charge on any atom is -0.478 e. The maximum absolute atomic E-state index is 14.6. The number of hydrogen-bond acceptors (Lipinski definition) is 2. The van der Waals surface area contributed by atoms with Gasteiger partial charge in [0.15, 0.2) is 5.82 Å². The summed E-state index contributed by atoms with van der Waals surface area (Å²) in [4.78, 5) is 13.2. The van der Waals surface area contributed by atoms with Crippen LogP contribution in [0.2, 0.25) is 0 Å². The molecule has 1 aromatic rings. The second-order valence-electron chi connectivity index (χ2n) is 6.01. The monoisotopic (exact) mass is 355 g/mol. The fourth-order valence-electron chi connectivity index (χ4n) is 3.85. The average Bonchev–Trinajstić information content (AvgIpc) is 2.49. The van der Waals surface area contributed by atoms with E-state index in [1.165, 1.54) is 31.7 Å². The standard InChI is InChI=1S/C16H19BrFNO2/c17-14-11(16(20)21)7-8-13(15(14)18)19-9-3-5-10-4-1-2-6-12(10)19/h7-8,10,12H,1-6,9H2,(H,20,21)/t10-,12-/m1/s1. The van der Waals surface area contributed by atoms with Gasteiger partial charge in [0.25, 0.3) is 0 Å². The lowest BCUT2D eigenvalue weighted by Crippen LogP contribution is -2.47. The van der Waals surface area contributed by atoms with Gasteiger partial charge in [-0.15, -0.1) is 0 Å². The molecule has 0 unspecified atom stereocenters. The number of fused-ring (bicyclic) bond motifs is 1. The minimum absolute atomic E-state index is 0.0200. The van der Waals surface area contributed by atoms with Crippen LogP contribution in [0.15, 0.2) is 16.6 Å². The van der Waals surface area contributed by atoms with E-state index >= 15 is 0 Å². The molecule has 3 nitrogen and oxygen atoms in total. The van der Waals surface area contributed by atoms with Gasteiger partial charge in [-0.25, -0.2) is 9.18 Å². The van der Waals surface area contributed by atoms with Gasteiger partial charge in [-0.1, -0.05) is 12.8 Å². The molecule has 1 aromatic carbocycles. The average molecular weight is 356 g/mol. The minimum atomic E-state index is -1.11. The Hall–Kier alpha value is -1.10. The van der Waals surface area contributed by atoms with Crippen molar-refractivity contribution >= 4 is 27.6 Å². The van der Waals surface area contributed by atoms with Crippen molar-refractivity contribution in [2.75, 3.05) is 11.4 Å². The molecule has 2 atom stereocenters. The molecule has 0 aromatic heterocycles. The molecule has 1 aliphatic heterocycles. The summed E-state index contributed by atoms with van der Waals surface area (Å²) >= 11 is 3.10. The number of anilines is 1. The van der Waals surface area contributed by atoms with E-state index in [0.29, 0.717) is 17.6 Å². The van der Waals surface area contributed by atoms with Crippen LogP contribution in [0.25, 0.3) is 0 Å². The predicted octanol–water partition coefficient (Wildman–Crippen LogP) is 4.45. The number of piperidine rings is 1. The number of carboxylic acids is 1. The third kappa shape index (κ3) is 2.68. The first-order valence-electron chi connectivity index (χ1n) is 7.57. The molecule has 0 radical (unpaired) electrons. The Kier molecular flexibility index (Phi) is 4.20.